The van der Waals surface area contributed by atoms with E-state index in [2.05, 4.69) is 48.1 Å². The fraction of sp³-hybridized carbons (Fsp3) is 0.351. The molecular weight excluding hydrogens is 588 g/mol. The van der Waals surface area contributed by atoms with E-state index in [1.807, 2.05) is 79.5 Å². The number of fused-ring (bicyclic) bond motifs is 1. The molecule has 3 heterocycles. The molecule has 0 saturated carbocycles. The number of benzene rings is 2. The van der Waals surface area contributed by atoms with Gasteiger partial charge in [-0.2, -0.15) is 4.99 Å². The molecule has 10 nitrogen and oxygen atoms in total. The van der Waals surface area contributed by atoms with Gasteiger partial charge in [-0.15, -0.1) is 0 Å². The van der Waals surface area contributed by atoms with Crippen molar-refractivity contribution in [2.45, 2.75) is 39.3 Å². The average molecular weight is 635 g/mol. The number of aliphatic hydroxyl groups is 1. The number of pyridine rings is 1. The van der Waals surface area contributed by atoms with Gasteiger partial charge in [0.05, 0.1) is 18.3 Å². The Bertz CT molecular complexity index is 1730. The number of nitrogens with one attached hydrogen (secondary N) is 2. The van der Waals surface area contributed by atoms with E-state index in [9.17, 15) is 9.90 Å². The number of nitrogens with zero attached hydrogens (tertiary/aromatic N) is 6. The predicted octanol–water partition coefficient (Wildman–Crippen LogP) is 5.22. The fourth-order valence-electron chi connectivity index (χ4n) is 5.80. The summed E-state index contributed by atoms with van der Waals surface area (Å²) in [6.07, 6.45) is 8.22. The van der Waals surface area contributed by atoms with Crippen LogP contribution in [0.15, 0.2) is 101 Å². The second-order valence-corrected chi connectivity index (χ2v) is 12.5. The third-order valence-electron chi connectivity index (χ3n) is 8.39. The molecule has 0 aliphatic carbocycles. The minimum atomic E-state index is -0.277. The summed E-state index contributed by atoms with van der Waals surface area (Å²) in [5.74, 6) is 2.32. The summed E-state index contributed by atoms with van der Waals surface area (Å²) >= 11 is 0. The molecule has 0 radical (unpaired) electrons. The van der Waals surface area contributed by atoms with Crippen LogP contribution in [0.1, 0.15) is 32.3 Å². The van der Waals surface area contributed by atoms with Crippen LogP contribution in [0.25, 0.3) is 22.0 Å². The molecule has 2 aliphatic heterocycles. The molecule has 0 spiro atoms. The van der Waals surface area contributed by atoms with Crippen LogP contribution in [0.3, 0.4) is 0 Å². The lowest BCUT2D eigenvalue weighted by atomic mass is 9.99. The number of allylic oxidation sites excluding steroid dienone is 2. The van der Waals surface area contributed by atoms with Gasteiger partial charge >= 0.3 is 0 Å². The Morgan fingerprint density at radius 2 is 1.96 bits per heavy atom. The van der Waals surface area contributed by atoms with Crippen LogP contribution in [0.4, 0.5) is 5.69 Å². The number of anilines is 1. The highest BCUT2D eigenvalue weighted by atomic mass is 16.3. The second kappa shape index (κ2) is 15.2. The van der Waals surface area contributed by atoms with Gasteiger partial charge in [0.2, 0.25) is 17.8 Å². The number of hydrogen-bond donors (Lipinski definition) is 3. The highest BCUT2D eigenvalue weighted by Crippen LogP contribution is 2.31. The first-order valence-electron chi connectivity index (χ1n) is 16.2. The van der Waals surface area contributed by atoms with Crippen molar-refractivity contribution in [3.05, 3.63) is 96.5 Å². The molecule has 47 heavy (non-hydrogen) atoms. The number of aromatic nitrogens is 1. The van der Waals surface area contributed by atoms with Crippen molar-refractivity contribution in [1.29, 1.82) is 0 Å². The maximum absolute atomic E-state index is 12.4. The van der Waals surface area contributed by atoms with Gasteiger partial charge in [-0.25, -0.2) is 4.99 Å². The zero-order valence-electron chi connectivity index (χ0n) is 28.1. The van der Waals surface area contributed by atoms with E-state index in [0.717, 1.165) is 63.7 Å². The minimum absolute atomic E-state index is 0.164. The van der Waals surface area contributed by atoms with Crippen molar-refractivity contribution in [3.63, 3.8) is 0 Å². The van der Waals surface area contributed by atoms with Crippen LogP contribution in [0.2, 0.25) is 0 Å². The third-order valence-corrected chi connectivity index (χ3v) is 8.39. The summed E-state index contributed by atoms with van der Waals surface area (Å²) in [7, 11) is 5.89. The van der Waals surface area contributed by atoms with Gasteiger partial charge in [0.1, 0.15) is 5.82 Å². The lowest BCUT2D eigenvalue weighted by Gasteiger charge is -2.38. The van der Waals surface area contributed by atoms with Crippen molar-refractivity contribution < 1.29 is 9.90 Å². The van der Waals surface area contributed by atoms with Crippen molar-refractivity contribution in [2.75, 3.05) is 46.1 Å². The van der Waals surface area contributed by atoms with Gasteiger partial charge in [-0.3, -0.25) is 14.7 Å². The van der Waals surface area contributed by atoms with E-state index in [4.69, 9.17) is 15.0 Å². The second-order valence-electron chi connectivity index (χ2n) is 12.5. The van der Waals surface area contributed by atoms with E-state index in [1.54, 1.807) is 12.3 Å². The maximum Gasteiger partial charge on any atom is 0.248 e. The quantitative estimate of drug-likeness (QED) is 0.277. The van der Waals surface area contributed by atoms with E-state index in [0.29, 0.717) is 31.9 Å². The fourth-order valence-corrected chi connectivity index (χ4v) is 5.80. The molecule has 2 aliphatic rings. The number of carbonyl (C=O) groups is 1. The summed E-state index contributed by atoms with van der Waals surface area (Å²) in [4.78, 5) is 33.4. The Morgan fingerprint density at radius 1 is 1.19 bits per heavy atom. The normalized spacial score (nSPS) is 17.9. The van der Waals surface area contributed by atoms with Crippen LogP contribution < -0.4 is 10.6 Å². The molecule has 1 aromatic heterocycles. The molecule has 1 amide bonds. The molecule has 0 bridgehead atoms. The largest absolute Gasteiger partial charge is 0.393 e. The predicted molar refractivity (Wildman–Crippen MR) is 192 cm³/mol. The molecule has 5 rings (SSSR count). The van der Waals surface area contributed by atoms with Crippen molar-refractivity contribution in [3.8, 4) is 11.3 Å². The van der Waals surface area contributed by atoms with Crippen LogP contribution in [0.5, 0.6) is 0 Å². The Morgan fingerprint density at radius 3 is 2.68 bits per heavy atom. The molecule has 1 saturated heterocycles. The van der Waals surface area contributed by atoms with Crippen LogP contribution >= 0.6 is 0 Å². The van der Waals surface area contributed by atoms with Gasteiger partial charge in [0.25, 0.3) is 0 Å². The molecule has 3 N–H and O–H groups in total. The van der Waals surface area contributed by atoms with Crippen molar-refractivity contribution in [2.24, 2.45) is 15.9 Å². The summed E-state index contributed by atoms with van der Waals surface area (Å²) in [5, 5.41) is 18.6. The van der Waals surface area contributed by atoms with E-state index < -0.39 is 0 Å². The lowest BCUT2D eigenvalue weighted by molar-refractivity contribution is -0.111. The Labute approximate surface area is 277 Å². The molecular formula is C37H46N8O2. The smallest absolute Gasteiger partial charge is 0.248 e. The Hall–Kier alpha value is -4.80. The maximum atomic E-state index is 12.4. The minimum Gasteiger partial charge on any atom is -0.393 e. The molecule has 1 fully saturated rings. The third kappa shape index (κ3) is 8.14. The number of rotatable bonds is 9. The summed E-state index contributed by atoms with van der Waals surface area (Å²) in [5.41, 5.74) is 4.66. The van der Waals surface area contributed by atoms with Gasteiger partial charge in [-0.1, -0.05) is 62.9 Å². The van der Waals surface area contributed by atoms with Crippen LogP contribution in [-0.4, -0.2) is 89.5 Å². The topological polar surface area (TPSA) is 109 Å². The number of likely N-dealkylation sites (N-methyl/N-ethyl adjacent to an activating group) is 1. The van der Waals surface area contributed by atoms with Gasteiger partial charge < -0.3 is 25.5 Å². The summed E-state index contributed by atoms with van der Waals surface area (Å²) < 4.78 is 0. The highest BCUT2D eigenvalue weighted by Gasteiger charge is 2.28. The number of carbonyl (C=O) groups excluding carboxylic acids is 1. The average Bonchev–Trinajstić information content (AvgIpc) is 3.05. The molecule has 0 unspecified atom stereocenters. The number of aliphatic imine (C=N–C) groups is 2. The number of likely N-dealkylation sites (tertiary alicyclic amines) is 1. The Kier molecular flexibility index (Phi) is 10.8. The molecule has 2 aromatic carbocycles. The number of guanidine groups is 2. The molecule has 10 heteroatoms. The molecule has 246 valence electrons. The first-order valence-corrected chi connectivity index (χ1v) is 16.2. The number of piperidine rings is 1. The number of amides is 1. The van der Waals surface area contributed by atoms with Gasteiger partial charge in [-0.05, 0) is 67.6 Å². The van der Waals surface area contributed by atoms with E-state index in [1.165, 1.54) is 0 Å². The van der Waals surface area contributed by atoms with Crippen LogP contribution in [0, 0.1) is 5.92 Å². The van der Waals surface area contributed by atoms with E-state index in [-0.39, 0.29) is 17.9 Å². The number of hydrogen-bond acceptors (Lipinski definition) is 7. The zero-order chi connectivity index (χ0) is 33.5. The SMILES string of the molecule is C=C/C(=C1/NC(N2CCC(O)CC2)=NC(=NCc2ccccc2-c2nccc3cc(NC(=O)/C=C/CN(C)C)ccc23)N1C)C(C)C. The summed E-state index contributed by atoms with van der Waals surface area (Å²) in [6, 6.07) is 16.0. The van der Waals surface area contributed by atoms with Gasteiger partial charge in [0, 0.05) is 55.6 Å². The zero-order valence-corrected chi connectivity index (χ0v) is 28.1. The standard InChI is InChI=1S/C37H46N8O2/c1-7-30(25(2)3)35-41-37(45-21-17-29(46)18-22-45)42-36(44(35)6)39-24-27-11-8-9-12-31(27)34-32-15-14-28(23-26(32)16-19-38-34)40-33(47)13-10-20-43(4)5/h7-16,19,23,25,29,46H,1,17-18,20-22,24H2,2-6H3,(H,40,47)(H,39,41,42)/b13-10+,35-30+. The monoisotopic (exact) mass is 634 g/mol. The van der Waals surface area contributed by atoms with Crippen molar-refractivity contribution in [1.82, 2.24) is 25.0 Å². The van der Waals surface area contributed by atoms with E-state index >= 15 is 0 Å². The Balaban J connectivity index is 1.46. The molecule has 0 atom stereocenters. The summed E-state index contributed by atoms with van der Waals surface area (Å²) in [6.45, 7) is 10.9. The number of aliphatic hydroxyl groups excluding tert-OH is 1. The molecule has 3 aromatic rings. The highest BCUT2D eigenvalue weighted by molar-refractivity contribution is 6.03. The first-order chi connectivity index (χ1) is 22.6. The lowest BCUT2D eigenvalue weighted by Crippen LogP contribution is -2.52. The first kappa shape index (κ1) is 33.6. The van der Waals surface area contributed by atoms with Crippen molar-refractivity contribution >= 4 is 34.3 Å². The van der Waals surface area contributed by atoms with Gasteiger partial charge in [0.15, 0.2) is 0 Å². The van der Waals surface area contributed by atoms with Crippen LogP contribution in [-0.2, 0) is 11.3 Å².